The number of unbranched alkanes of at least 4 members (excludes halogenated alkanes) is 2. The molecule has 1 radical (unpaired) electrons. The van der Waals surface area contributed by atoms with E-state index in [1.807, 2.05) is 6.92 Å². The number of hydrogen-bond donors (Lipinski definition) is 1. The van der Waals surface area contributed by atoms with E-state index in [0.29, 0.717) is 6.42 Å². The third kappa shape index (κ3) is 10.6. The van der Waals surface area contributed by atoms with Crippen molar-refractivity contribution in [3.63, 3.8) is 0 Å². The van der Waals surface area contributed by atoms with Crippen molar-refractivity contribution >= 4 is 20.2 Å². The summed E-state index contributed by atoms with van der Waals surface area (Å²) in [5, 5.41) is 0. The van der Waals surface area contributed by atoms with Gasteiger partial charge in [-0.15, -0.1) is 0 Å². The second kappa shape index (κ2) is 8.26. The van der Waals surface area contributed by atoms with Gasteiger partial charge in [0.2, 0.25) is 0 Å². The van der Waals surface area contributed by atoms with Crippen LogP contribution in [0.4, 0.5) is 0 Å². The smallest absolute Gasteiger partial charge is 0.282 e. The molecular formula is C11H17O6S2. The zero-order chi connectivity index (χ0) is 14.9. The van der Waals surface area contributed by atoms with E-state index in [-0.39, 0.29) is 10.6 Å². The summed E-state index contributed by atoms with van der Waals surface area (Å²) in [7, 11) is -7.95. The van der Waals surface area contributed by atoms with Crippen molar-refractivity contribution in [3.05, 3.63) is 30.3 Å². The molecule has 0 atom stereocenters. The molecule has 0 spiro atoms. The topological polar surface area (TPSA) is 108 Å². The highest BCUT2D eigenvalue weighted by atomic mass is 32.2. The Morgan fingerprint density at radius 2 is 1.53 bits per heavy atom. The van der Waals surface area contributed by atoms with Crippen LogP contribution in [0.5, 0.6) is 0 Å². The first-order chi connectivity index (χ1) is 8.67. The Morgan fingerprint density at radius 3 is 1.84 bits per heavy atom. The molecule has 0 amide bonds. The normalized spacial score (nSPS) is 11.5. The van der Waals surface area contributed by atoms with Gasteiger partial charge < -0.3 is 0 Å². The number of rotatable bonds is 5. The molecule has 1 aromatic rings. The molecule has 0 saturated carbocycles. The molecule has 0 heterocycles. The minimum absolute atomic E-state index is 0.0741. The second-order valence-electron chi connectivity index (χ2n) is 3.76. The van der Waals surface area contributed by atoms with Gasteiger partial charge in [0.15, 0.2) is 0 Å². The van der Waals surface area contributed by atoms with Gasteiger partial charge >= 0.3 is 0 Å². The molecule has 19 heavy (non-hydrogen) atoms. The lowest BCUT2D eigenvalue weighted by molar-refractivity contribution is 0.412. The molecule has 1 aromatic carbocycles. The van der Waals surface area contributed by atoms with Crippen LogP contribution >= 0.6 is 0 Å². The summed E-state index contributed by atoms with van der Waals surface area (Å²) in [5.74, 6) is -0.208. The van der Waals surface area contributed by atoms with Crippen LogP contribution < -0.4 is 0 Å². The minimum Gasteiger partial charge on any atom is -0.282 e. The molecule has 0 unspecified atom stereocenters. The Bertz CT molecular complexity index is 548. The third-order valence-corrected chi connectivity index (χ3v) is 3.70. The summed E-state index contributed by atoms with van der Waals surface area (Å²) in [6.07, 6.45) is 2.26. The van der Waals surface area contributed by atoms with E-state index in [1.54, 1.807) is 18.2 Å². The maximum Gasteiger partial charge on any atom is 0.294 e. The van der Waals surface area contributed by atoms with E-state index >= 15 is 0 Å². The maximum atomic E-state index is 10.4. The lowest BCUT2D eigenvalue weighted by atomic mass is 10.3. The van der Waals surface area contributed by atoms with Crippen LogP contribution in [-0.4, -0.2) is 27.1 Å². The Balaban J connectivity index is 0.000000344. The lowest BCUT2D eigenvalue weighted by Crippen LogP contribution is -2.01. The fourth-order valence-corrected chi connectivity index (χ4v) is 2.18. The monoisotopic (exact) mass is 309 g/mol. The summed E-state index contributed by atoms with van der Waals surface area (Å²) in [6.45, 7) is 1.96. The summed E-state index contributed by atoms with van der Waals surface area (Å²) in [5.41, 5.74) is 0. The molecule has 0 aliphatic carbocycles. The largest absolute Gasteiger partial charge is 0.294 e. The highest BCUT2D eigenvalue weighted by Gasteiger charge is 2.05. The molecule has 8 heteroatoms. The van der Waals surface area contributed by atoms with Gasteiger partial charge in [0, 0.05) is 0 Å². The van der Waals surface area contributed by atoms with Gasteiger partial charge in [0.1, 0.15) is 0 Å². The first kappa shape index (κ1) is 18.0. The van der Waals surface area contributed by atoms with Gasteiger partial charge in [0.05, 0.1) is 10.6 Å². The summed E-state index contributed by atoms with van der Waals surface area (Å²) in [4.78, 5) is -0.0741. The molecule has 0 saturated heterocycles. The molecule has 1 N–H and O–H groups in total. The quantitative estimate of drug-likeness (QED) is 0.659. The lowest BCUT2D eigenvalue weighted by Gasteiger charge is -1.92. The van der Waals surface area contributed by atoms with Crippen molar-refractivity contribution < 1.29 is 25.9 Å². The fourth-order valence-electron chi connectivity index (χ4n) is 1.12. The van der Waals surface area contributed by atoms with Crippen molar-refractivity contribution in [1.29, 1.82) is 0 Å². The van der Waals surface area contributed by atoms with Crippen LogP contribution in [0.25, 0.3) is 0 Å². The SMILES string of the molecule is CCCCCS([O])(=O)=O.O=S(=O)(O)c1ccccc1. The third-order valence-electron chi connectivity index (χ3n) is 2.04. The first-order valence-electron chi connectivity index (χ1n) is 5.63. The van der Waals surface area contributed by atoms with Crippen LogP contribution in [0.15, 0.2) is 35.2 Å². The average Bonchev–Trinajstić information content (AvgIpc) is 2.29. The van der Waals surface area contributed by atoms with E-state index in [2.05, 4.69) is 0 Å². The van der Waals surface area contributed by atoms with Gasteiger partial charge in [-0.3, -0.25) is 4.55 Å². The van der Waals surface area contributed by atoms with Gasteiger partial charge in [-0.1, -0.05) is 42.5 Å². The standard InChI is InChI=1S/C6H6O3S.C5H11O3S/c7-10(8,9)6-4-2-1-3-5-6;1-2-3-4-5-9(6,7)8/h1-5H,(H,7,8,9);2-5H2,1H3. The Labute approximate surface area is 114 Å². The predicted octanol–water partition coefficient (Wildman–Crippen LogP) is 1.87. The first-order valence-corrected chi connectivity index (χ1v) is 8.64. The van der Waals surface area contributed by atoms with Crippen LogP contribution in [0, 0.1) is 0 Å². The molecule has 0 bridgehead atoms. The van der Waals surface area contributed by atoms with Gasteiger partial charge in [0.25, 0.3) is 20.2 Å². The number of benzene rings is 1. The van der Waals surface area contributed by atoms with Crippen LogP contribution in [-0.2, 0) is 24.8 Å². The van der Waals surface area contributed by atoms with Crippen LogP contribution in [0.2, 0.25) is 0 Å². The molecule has 0 aliphatic heterocycles. The Morgan fingerprint density at radius 1 is 1.00 bits per heavy atom. The minimum atomic E-state index is -4.00. The molecular weight excluding hydrogens is 292 g/mol. The fraction of sp³-hybridized carbons (Fsp3) is 0.455. The summed E-state index contributed by atoms with van der Waals surface area (Å²) in [6, 6.07) is 7.42. The summed E-state index contributed by atoms with van der Waals surface area (Å²) < 4.78 is 59.1. The molecule has 0 aromatic heterocycles. The molecule has 6 nitrogen and oxygen atoms in total. The van der Waals surface area contributed by atoms with E-state index in [4.69, 9.17) is 4.55 Å². The van der Waals surface area contributed by atoms with Crippen LogP contribution in [0.3, 0.4) is 0 Å². The zero-order valence-electron chi connectivity index (χ0n) is 10.5. The Hall–Kier alpha value is -0.960. The highest BCUT2D eigenvalue weighted by molar-refractivity contribution is 7.86. The van der Waals surface area contributed by atoms with Gasteiger partial charge in [-0.25, -0.2) is 0 Å². The van der Waals surface area contributed by atoms with E-state index in [9.17, 15) is 21.4 Å². The summed E-state index contributed by atoms with van der Waals surface area (Å²) >= 11 is 0. The van der Waals surface area contributed by atoms with Crippen molar-refractivity contribution in [2.45, 2.75) is 31.1 Å². The maximum absolute atomic E-state index is 10.4. The van der Waals surface area contributed by atoms with Crippen molar-refractivity contribution in [1.82, 2.24) is 0 Å². The van der Waals surface area contributed by atoms with E-state index in [0.717, 1.165) is 12.8 Å². The van der Waals surface area contributed by atoms with Crippen molar-refractivity contribution in [3.8, 4) is 0 Å². The highest BCUT2D eigenvalue weighted by Crippen LogP contribution is 2.05. The van der Waals surface area contributed by atoms with Gasteiger partial charge in [-0.05, 0) is 18.6 Å². The Kier molecular flexibility index (Phi) is 7.84. The second-order valence-corrected chi connectivity index (χ2v) is 6.70. The van der Waals surface area contributed by atoms with Crippen molar-refractivity contribution in [2.75, 3.05) is 5.75 Å². The van der Waals surface area contributed by atoms with E-state index < -0.39 is 20.2 Å². The number of hydrogen-bond acceptors (Lipinski definition) is 4. The molecule has 109 valence electrons. The van der Waals surface area contributed by atoms with Crippen LogP contribution in [0.1, 0.15) is 26.2 Å². The molecule has 0 fully saturated rings. The van der Waals surface area contributed by atoms with E-state index in [1.165, 1.54) is 12.1 Å². The zero-order valence-corrected chi connectivity index (χ0v) is 12.2. The molecule has 1 rings (SSSR count). The molecule has 0 aliphatic rings. The average molecular weight is 309 g/mol. The van der Waals surface area contributed by atoms with Crippen molar-refractivity contribution in [2.24, 2.45) is 0 Å². The van der Waals surface area contributed by atoms with Gasteiger partial charge in [-0.2, -0.15) is 16.8 Å². The predicted molar refractivity (Wildman–Crippen MR) is 70.3 cm³/mol.